The molecule has 0 atom stereocenters. The number of piperazine rings is 1. The minimum atomic E-state index is -3.85. The van der Waals surface area contributed by atoms with E-state index in [2.05, 4.69) is 0 Å². The molecule has 7 nitrogen and oxygen atoms in total. The molecular weight excluding hydrogens is 404 g/mol. The molecule has 0 aliphatic carbocycles. The Balaban J connectivity index is 1.50. The van der Waals surface area contributed by atoms with E-state index in [1.54, 1.807) is 24.0 Å². The summed E-state index contributed by atoms with van der Waals surface area (Å²) in [5, 5.41) is 10.0. The van der Waals surface area contributed by atoms with Gasteiger partial charge in [-0.05, 0) is 36.2 Å². The van der Waals surface area contributed by atoms with Gasteiger partial charge in [-0.3, -0.25) is 4.79 Å². The van der Waals surface area contributed by atoms with Crippen molar-refractivity contribution in [1.82, 2.24) is 9.21 Å². The van der Waals surface area contributed by atoms with Gasteiger partial charge in [0.15, 0.2) is 5.76 Å². The van der Waals surface area contributed by atoms with Gasteiger partial charge in [0.2, 0.25) is 10.0 Å². The van der Waals surface area contributed by atoms with Crippen molar-refractivity contribution in [3.63, 3.8) is 0 Å². The van der Waals surface area contributed by atoms with Crippen LogP contribution in [-0.4, -0.2) is 54.8 Å². The molecule has 156 valence electrons. The number of rotatable bonds is 4. The van der Waals surface area contributed by atoms with Gasteiger partial charge in [0, 0.05) is 31.7 Å². The van der Waals surface area contributed by atoms with Crippen LogP contribution in [0, 0.1) is 6.92 Å². The van der Waals surface area contributed by atoms with Crippen molar-refractivity contribution in [2.75, 3.05) is 26.2 Å². The van der Waals surface area contributed by atoms with Crippen molar-refractivity contribution in [3.8, 4) is 16.9 Å². The molecule has 1 aromatic heterocycles. The molecule has 0 saturated carbocycles. The maximum absolute atomic E-state index is 13.0. The number of benzene rings is 2. The molecular formula is C22H22N2O5S. The van der Waals surface area contributed by atoms with Crippen molar-refractivity contribution in [1.29, 1.82) is 0 Å². The maximum Gasteiger partial charge on any atom is 0.290 e. The standard InChI is InChI=1S/C22H22N2O5S/c1-16-7-8-19(25)20(15-16)30(27,28)24-12-10-23(11-13-24)22(26)21-18(9-14-29-21)17-5-3-2-4-6-17/h2-9,14-15,25H,10-13H2,1H3. The molecule has 4 rings (SSSR count). The summed E-state index contributed by atoms with van der Waals surface area (Å²) in [5.74, 6) is -0.301. The van der Waals surface area contributed by atoms with Gasteiger partial charge in [-0.1, -0.05) is 36.4 Å². The van der Waals surface area contributed by atoms with Crippen LogP contribution in [0.4, 0.5) is 0 Å². The SMILES string of the molecule is Cc1ccc(O)c(S(=O)(=O)N2CCN(C(=O)c3occc3-c3ccccc3)CC2)c1. The molecule has 0 spiro atoms. The number of aromatic hydroxyl groups is 1. The second-order valence-corrected chi connectivity index (χ2v) is 9.10. The second kappa shape index (κ2) is 7.97. The molecule has 1 aliphatic heterocycles. The number of carbonyl (C=O) groups excluding carboxylic acids is 1. The summed E-state index contributed by atoms with van der Waals surface area (Å²) in [5.41, 5.74) is 2.33. The second-order valence-electron chi connectivity index (χ2n) is 7.20. The first kappa shape index (κ1) is 20.2. The topological polar surface area (TPSA) is 91.1 Å². The van der Waals surface area contributed by atoms with Crippen LogP contribution in [0.1, 0.15) is 16.1 Å². The highest BCUT2D eigenvalue weighted by molar-refractivity contribution is 7.89. The van der Waals surface area contributed by atoms with Gasteiger partial charge in [-0.15, -0.1) is 0 Å². The third kappa shape index (κ3) is 3.71. The Morgan fingerprint density at radius 1 is 1.00 bits per heavy atom. The molecule has 1 amide bonds. The Labute approximate surface area is 175 Å². The first-order valence-electron chi connectivity index (χ1n) is 9.60. The summed E-state index contributed by atoms with van der Waals surface area (Å²) in [6, 6.07) is 15.7. The summed E-state index contributed by atoms with van der Waals surface area (Å²) < 4.78 is 32.7. The summed E-state index contributed by atoms with van der Waals surface area (Å²) in [6.45, 7) is 2.52. The van der Waals surface area contributed by atoms with Gasteiger partial charge in [0.05, 0.1) is 6.26 Å². The first-order valence-corrected chi connectivity index (χ1v) is 11.0. The van der Waals surface area contributed by atoms with E-state index in [-0.39, 0.29) is 48.5 Å². The number of phenolic OH excluding ortho intramolecular Hbond substituents is 1. The van der Waals surface area contributed by atoms with E-state index in [0.29, 0.717) is 5.56 Å². The molecule has 3 aromatic rings. The lowest BCUT2D eigenvalue weighted by atomic mass is 10.1. The van der Waals surface area contributed by atoms with Crippen molar-refractivity contribution in [2.24, 2.45) is 0 Å². The Morgan fingerprint density at radius 3 is 2.40 bits per heavy atom. The number of aryl methyl sites for hydroxylation is 1. The fraction of sp³-hybridized carbons (Fsp3) is 0.227. The Morgan fingerprint density at radius 2 is 1.70 bits per heavy atom. The van der Waals surface area contributed by atoms with Crippen molar-refractivity contribution in [2.45, 2.75) is 11.8 Å². The van der Waals surface area contributed by atoms with Gasteiger partial charge in [-0.2, -0.15) is 4.31 Å². The zero-order valence-electron chi connectivity index (χ0n) is 16.5. The fourth-order valence-corrected chi connectivity index (χ4v) is 5.15. The molecule has 0 radical (unpaired) electrons. The third-order valence-corrected chi connectivity index (χ3v) is 7.13. The molecule has 1 fully saturated rings. The lowest BCUT2D eigenvalue weighted by Crippen LogP contribution is -2.50. The number of phenols is 1. The van der Waals surface area contributed by atoms with Crippen LogP contribution < -0.4 is 0 Å². The minimum Gasteiger partial charge on any atom is -0.507 e. The Kier molecular flexibility index (Phi) is 5.36. The minimum absolute atomic E-state index is 0.111. The first-order chi connectivity index (χ1) is 14.4. The number of hydrogen-bond acceptors (Lipinski definition) is 5. The lowest BCUT2D eigenvalue weighted by molar-refractivity contribution is 0.0667. The lowest BCUT2D eigenvalue weighted by Gasteiger charge is -2.33. The zero-order chi connectivity index (χ0) is 21.3. The fourth-order valence-electron chi connectivity index (χ4n) is 3.56. The van der Waals surface area contributed by atoms with Gasteiger partial charge >= 0.3 is 0 Å². The van der Waals surface area contributed by atoms with E-state index in [1.807, 2.05) is 30.3 Å². The van der Waals surface area contributed by atoms with Crippen LogP contribution >= 0.6 is 0 Å². The molecule has 1 N–H and O–H groups in total. The van der Waals surface area contributed by atoms with E-state index in [0.717, 1.165) is 11.1 Å². The maximum atomic E-state index is 13.0. The largest absolute Gasteiger partial charge is 0.507 e. The Bertz CT molecular complexity index is 1160. The number of nitrogens with zero attached hydrogens (tertiary/aromatic N) is 2. The number of hydrogen-bond donors (Lipinski definition) is 1. The molecule has 30 heavy (non-hydrogen) atoms. The average molecular weight is 426 g/mol. The van der Waals surface area contributed by atoms with Crippen LogP contribution in [0.5, 0.6) is 5.75 Å². The van der Waals surface area contributed by atoms with E-state index in [4.69, 9.17) is 4.42 Å². The van der Waals surface area contributed by atoms with Gasteiger partial charge < -0.3 is 14.4 Å². The van der Waals surface area contributed by atoms with Crippen molar-refractivity contribution in [3.05, 3.63) is 72.2 Å². The highest BCUT2D eigenvalue weighted by Gasteiger charge is 2.33. The van der Waals surface area contributed by atoms with E-state index < -0.39 is 10.0 Å². The molecule has 1 saturated heterocycles. The van der Waals surface area contributed by atoms with E-state index >= 15 is 0 Å². The molecule has 8 heteroatoms. The third-order valence-electron chi connectivity index (χ3n) is 5.20. The van der Waals surface area contributed by atoms with Gasteiger partial charge in [-0.25, -0.2) is 8.42 Å². The Hall–Kier alpha value is -3.10. The average Bonchev–Trinajstić information content (AvgIpc) is 3.25. The van der Waals surface area contributed by atoms with Crippen LogP contribution in [0.2, 0.25) is 0 Å². The molecule has 0 bridgehead atoms. The predicted molar refractivity (Wildman–Crippen MR) is 112 cm³/mol. The number of carbonyl (C=O) groups is 1. The molecule has 1 aliphatic rings. The number of sulfonamides is 1. The monoisotopic (exact) mass is 426 g/mol. The van der Waals surface area contributed by atoms with Crippen molar-refractivity contribution >= 4 is 15.9 Å². The van der Waals surface area contributed by atoms with E-state index in [1.165, 1.54) is 22.7 Å². The highest BCUT2D eigenvalue weighted by Crippen LogP contribution is 2.29. The predicted octanol–water partition coefficient (Wildman–Crippen LogP) is 3.11. The number of furan rings is 1. The molecule has 2 aromatic carbocycles. The smallest absolute Gasteiger partial charge is 0.290 e. The van der Waals surface area contributed by atoms with Crippen LogP contribution in [0.15, 0.2) is 70.2 Å². The van der Waals surface area contributed by atoms with Gasteiger partial charge in [0.25, 0.3) is 5.91 Å². The van der Waals surface area contributed by atoms with Crippen LogP contribution in [0.3, 0.4) is 0 Å². The highest BCUT2D eigenvalue weighted by atomic mass is 32.2. The quantitative estimate of drug-likeness (QED) is 0.692. The summed E-state index contributed by atoms with van der Waals surface area (Å²) in [7, 11) is -3.85. The summed E-state index contributed by atoms with van der Waals surface area (Å²) in [6.07, 6.45) is 1.48. The van der Waals surface area contributed by atoms with Crippen LogP contribution in [-0.2, 0) is 10.0 Å². The summed E-state index contributed by atoms with van der Waals surface area (Å²) >= 11 is 0. The zero-order valence-corrected chi connectivity index (χ0v) is 17.3. The van der Waals surface area contributed by atoms with Crippen LogP contribution in [0.25, 0.3) is 11.1 Å². The van der Waals surface area contributed by atoms with Crippen molar-refractivity contribution < 1.29 is 22.7 Å². The molecule has 0 unspecified atom stereocenters. The number of amides is 1. The van der Waals surface area contributed by atoms with E-state index in [9.17, 15) is 18.3 Å². The van der Waals surface area contributed by atoms with Gasteiger partial charge in [0.1, 0.15) is 10.6 Å². The normalized spacial score (nSPS) is 15.3. The molecule has 2 heterocycles. The summed E-state index contributed by atoms with van der Waals surface area (Å²) in [4.78, 5) is 14.5.